The van der Waals surface area contributed by atoms with Gasteiger partial charge in [-0.25, -0.2) is 9.97 Å². The van der Waals surface area contributed by atoms with Crippen LogP contribution in [-0.2, 0) is 6.54 Å². The molecule has 2 heterocycles. The van der Waals surface area contributed by atoms with Crippen molar-refractivity contribution in [3.8, 4) is 0 Å². The summed E-state index contributed by atoms with van der Waals surface area (Å²) in [5, 5.41) is 3.40. The van der Waals surface area contributed by atoms with Gasteiger partial charge in [-0.05, 0) is 31.7 Å². The van der Waals surface area contributed by atoms with E-state index in [0.29, 0.717) is 0 Å². The molecule has 4 heteroatoms. The number of hydrogen-bond acceptors (Lipinski definition) is 4. The minimum atomic E-state index is 0.738. The van der Waals surface area contributed by atoms with Crippen LogP contribution in [-0.4, -0.2) is 41.0 Å². The number of rotatable bonds is 4. The molecule has 3 aliphatic rings. The van der Waals surface area contributed by atoms with E-state index >= 15 is 0 Å². The largest absolute Gasteiger partial charge is 0.314 e. The third kappa shape index (κ3) is 2.79. The van der Waals surface area contributed by atoms with Crippen molar-refractivity contribution in [3.63, 3.8) is 0 Å². The average molecular weight is 258 g/mol. The van der Waals surface area contributed by atoms with Gasteiger partial charge in [0.15, 0.2) is 0 Å². The first-order valence-electron chi connectivity index (χ1n) is 7.69. The van der Waals surface area contributed by atoms with Crippen molar-refractivity contribution in [2.75, 3.05) is 26.2 Å². The van der Waals surface area contributed by atoms with Crippen LogP contribution in [0.25, 0.3) is 0 Å². The molecular weight excluding hydrogens is 236 g/mol. The lowest BCUT2D eigenvalue weighted by molar-refractivity contribution is 0.227. The Hall–Kier alpha value is -1.00. The molecule has 4 nitrogen and oxygen atoms in total. The predicted octanol–water partition coefficient (Wildman–Crippen LogP) is 1.64. The molecule has 0 spiro atoms. The van der Waals surface area contributed by atoms with Crippen LogP contribution in [0.1, 0.15) is 54.7 Å². The maximum atomic E-state index is 4.83. The van der Waals surface area contributed by atoms with Crippen LogP contribution in [0.5, 0.6) is 0 Å². The summed E-state index contributed by atoms with van der Waals surface area (Å²) in [6.45, 7) is 5.36. The van der Waals surface area contributed by atoms with Gasteiger partial charge in [0.05, 0.1) is 6.54 Å². The second kappa shape index (κ2) is 4.84. The highest BCUT2D eigenvalue weighted by Gasteiger charge is 2.30. The van der Waals surface area contributed by atoms with Crippen LogP contribution < -0.4 is 5.32 Å². The van der Waals surface area contributed by atoms with Crippen molar-refractivity contribution in [1.29, 1.82) is 0 Å². The molecule has 1 aromatic heterocycles. The number of piperazine rings is 1. The molecule has 2 aliphatic carbocycles. The fourth-order valence-corrected chi connectivity index (χ4v) is 2.86. The smallest absolute Gasteiger partial charge is 0.142 e. The Morgan fingerprint density at radius 1 is 1.00 bits per heavy atom. The zero-order valence-electron chi connectivity index (χ0n) is 11.4. The molecule has 0 unspecified atom stereocenters. The van der Waals surface area contributed by atoms with Gasteiger partial charge in [0.2, 0.25) is 0 Å². The van der Waals surface area contributed by atoms with E-state index in [-0.39, 0.29) is 0 Å². The Bertz CT molecular complexity index is 429. The average Bonchev–Trinajstić information content (AvgIpc) is 3.31. The van der Waals surface area contributed by atoms with Crippen LogP contribution in [0.2, 0.25) is 0 Å². The summed E-state index contributed by atoms with van der Waals surface area (Å²) in [5.74, 6) is 2.54. The van der Waals surface area contributed by atoms with Crippen molar-refractivity contribution in [2.24, 2.45) is 0 Å². The first kappa shape index (κ1) is 11.8. The molecular formula is C15H22N4. The van der Waals surface area contributed by atoms with Crippen molar-refractivity contribution in [1.82, 2.24) is 20.2 Å². The molecule has 0 aromatic carbocycles. The third-order valence-electron chi connectivity index (χ3n) is 4.38. The highest BCUT2D eigenvalue weighted by atomic mass is 15.2. The van der Waals surface area contributed by atoms with Crippen molar-refractivity contribution >= 4 is 0 Å². The maximum Gasteiger partial charge on any atom is 0.142 e. The van der Waals surface area contributed by atoms with E-state index in [9.17, 15) is 0 Å². The van der Waals surface area contributed by atoms with Crippen LogP contribution in [0.3, 0.4) is 0 Å². The summed E-state index contributed by atoms with van der Waals surface area (Å²) >= 11 is 0. The van der Waals surface area contributed by atoms with Gasteiger partial charge < -0.3 is 5.32 Å². The summed E-state index contributed by atoms with van der Waals surface area (Å²) in [6.07, 6.45) is 5.31. The SMILES string of the molecule is c1c(C2CC2)nc(CN2CCNCC2)nc1C1CC1. The van der Waals surface area contributed by atoms with Crippen LogP contribution in [0.4, 0.5) is 0 Å². The number of nitrogens with zero attached hydrogens (tertiary/aromatic N) is 3. The first-order valence-corrected chi connectivity index (χ1v) is 7.69. The molecule has 0 radical (unpaired) electrons. The van der Waals surface area contributed by atoms with E-state index in [1.165, 1.54) is 37.1 Å². The minimum Gasteiger partial charge on any atom is -0.314 e. The predicted molar refractivity (Wildman–Crippen MR) is 74.1 cm³/mol. The number of hydrogen-bond donors (Lipinski definition) is 1. The summed E-state index contributed by atoms with van der Waals surface area (Å²) in [5.41, 5.74) is 2.64. The van der Waals surface area contributed by atoms with Gasteiger partial charge in [0.25, 0.3) is 0 Å². The maximum absolute atomic E-state index is 4.83. The molecule has 3 fully saturated rings. The second-order valence-electron chi connectivity index (χ2n) is 6.21. The van der Waals surface area contributed by atoms with Gasteiger partial charge in [-0.1, -0.05) is 0 Å². The van der Waals surface area contributed by atoms with E-state index in [1.54, 1.807) is 0 Å². The molecule has 2 saturated carbocycles. The third-order valence-corrected chi connectivity index (χ3v) is 4.38. The summed E-state index contributed by atoms with van der Waals surface area (Å²) in [7, 11) is 0. The zero-order valence-corrected chi connectivity index (χ0v) is 11.4. The van der Waals surface area contributed by atoms with Gasteiger partial charge in [0.1, 0.15) is 5.82 Å². The minimum absolute atomic E-state index is 0.738. The van der Waals surface area contributed by atoms with Gasteiger partial charge >= 0.3 is 0 Å². The molecule has 0 atom stereocenters. The number of aromatic nitrogens is 2. The second-order valence-corrected chi connectivity index (χ2v) is 6.21. The lowest BCUT2D eigenvalue weighted by Crippen LogP contribution is -2.43. The van der Waals surface area contributed by atoms with E-state index in [4.69, 9.17) is 9.97 Å². The molecule has 0 bridgehead atoms. The van der Waals surface area contributed by atoms with Crippen molar-refractivity contribution in [2.45, 2.75) is 44.1 Å². The van der Waals surface area contributed by atoms with Crippen LogP contribution in [0.15, 0.2) is 6.07 Å². The lowest BCUT2D eigenvalue weighted by atomic mass is 10.2. The highest BCUT2D eigenvalue weighted by molar-refractivity contribution is 5.24. The molecule has 1 N–H and O–H groups in total. The normalized spacial score (nSPS) is 24.6. The Morgan fingerprint density at radius 3 is 2.11 bits per heavy atom. The Morgan fingerprint density at radius 2 is 1.58 bits per heavy atom. The summed E-state index contributed by atoms with van der Waals surface area (Å²) < 4.78 is 0. The monoisotopic (exact) mass is 258 g/mol. The first-order chi connectivity index (χ1) is 9.38. The summed E-state index contributed by atoms with van der Waals surface area (Å²) in [6, 6.07) is 2.29. The highest BCUT2D eigenvalue weighted by Crippen LogP contribution is 2.43. The molecule has 1 saturated heterocycles. The van der Waals surface area contributed by atoms with Gasteiger partial charge in [-0.2, -0.15) is 0 Å². The van der Waals surface area contributed by atoms with E-state index in [1.807, 2.05) is 0 Å². The molecule has 4 rings (SSSR count). The number of nitrogens with one attached hydrogen (secondary N) is 1. The topological polar surface area (TPSA) is 41.1 Å². The Labute approximate surface area is 114 Å². The lowest BCUT2D eigenvalue weighted by Gasteiger charge is -2.26. The standard InChI is InChI=1S/C15H22N4/c1-2-11(1)13-9-14(12-3-4-12)18-15(17-13)10-19-7-5-16-6-8-19/h9,11-12,16H,1-8,10H2. The molecule has 1 aliphatic heterocycles. The van der Waals surface area contributed by atoms with Crippen LogP contribution in [0, 0.1) is 0 Å². The Balaban J connectivity index is 1.55. The van der Waals surface area contributed by atoms with Crippen molar-refractivity contribution < 1.29 is 0 Å². The van der Waals surface area contributed by atoms with E-state index in [0.717, 1.165) is 50.4 Å². The fraction of sp³-hybridized carbons (Fsp3) is 0.733. The van der Waals surface area contributed by atoms with Gasteiger partial charge in [-0.3, -0.25) is 4.90 Å². The molecule has 19 heavy (non-hydrogen) atoms. The van der Waals surface area contributed by atoms with E-state index < -0.39 is 0 Å². The Kier molecular flexibility index (Phi) is 3.00. The molecule has 102 valence electrons. The zero-order chi connectivity index (χ0) is 12.7. The van der Waals surface area contributed by atoms with Gasteiger partial charge in [-0.15, -0.1) is 0 Å². The molecule has 0 amide bonds. The van der Waals surface area contributed by atoms with Crippen molar-refractivity contribution in [3.05, 3.63) is 23.3 Å². The van der Waals surface area contributed by atoms with Gasteiger partial charge in [0, 0.05) is 49.4 Å². The quantitative estimate of drug-likeness (QED) is 0.891. The summed E-state index contributed by atoms with van der Waals surface area (Å²) in [4.78, 5) is 12.1. The fourth-order valence-electron chi connectivity index (χ4n) is 2.86. The van der Waals surface area contributed by atoms with E-state index in [2.05, 4.69) is 16.3 Å². The molecule has 1 aromatic rings. The van der Waals surface area contributed by atoms with Crippen LogP contribution >= 0.6 is 0 Å².